The van der Waals surface area contributed by atoms with Gasteiger partial charge in [0.15, 0.2) is 0 Å². The van der Waals surface area contributed by atoms with Crippen LogP contribution >= 0.6 is 11.6 Å². The van der Waals surface area contributed by atoms with Crippen molar-refractivity contribution >= 4 is 17.5 Å². The molecular weight excluding hydrogens is 255 g/mol. The highest BCUT2D eigenvalue weighted by molar-refractivity contribution is 6.32. The topological polar surface area (TPSA) is 33.2 Å². The van der Waals surface area contributed by atoms with Crippen molar-refractivity contribution in [3.05, 3.63) is 28.8 Å². The van der Waals surface area contributed by atoms with Gasteiger partial charge in [0.05, 0.1) is 11.8 Å². The molecule has 2 rings (SSSR count). The molecule has 0 N–H and O–H groups in total. The van der Waals surface area contributed by atoms with E-state index in [1.54, 1.807) is 4.90 Å². The van der Waals surface area contributed by atoms with Gasteiger partial charge in [0.1, 0.15) is 11.0 Å². The SMILES string of the molecule is CC1(C)CCCN(C(=O)c2cc(F)cnc2Cl)C1. The van der Waals surface area contributed by atoms with E-state index in [2.05, 4.69) is 18.8 Å². The molecule has 0 radical (unpaired) electrons. The molecule has 0 saturated carbocycles. The summed E-state index contributed by atoms with van der Waals surface area (Å²) in [5.41, 5.74) is 0.246. The third-order valence-corrected chi connectivity index (χ3v) is 3.52. The summed E-state index contributed by atoms with van der Waals surface area (Å²) in [6.45, 7) is 5.60. The van der Waals surface area contributed by atoms with Crippen LogP contribution in [0.3, 0.4) is 0 Å². The van der Waals surface area contributed by atoms with Crippen molar-refractivity contribution in [1.82, 2.24) is 9.88 Å². The van der Waals surface area contributed by atoms with Crippen molar-refractivity contribution in [2.75, 3.05) is 13.1 Å². The van der Waals surface area contributed by atoms with E-state index in [0.717, 1.165) is 25.1 Å². The van der Waals surface area contributed by atoms with Crippen molar-refractivity contribution in [3.8, 4) is 0 Å². The molecular formula is C13H16ClFN2O. The largest absolute Gasteiger partial charge is 0.338 e. The predicted molar refractivity (Wildman–Crippen MR) is 68.1 cm³/mol. The second kappa shape index (κ2) is 4.84. The number of nitrogens with zero attached hydrogens (tertiary/aromatic N) is 2. The molecule has 0 unspecified atom stereocenters. The minimum atomic E-state index is -0.543. The van der Waals surface area contributed by atoms with E-state index in [-0.39, 0.29) is 22.0 Å². The summed E-state index contributed by atoms with van der Waals surface area (Å²) in [7, 11) is 0. The summed E-state index contributed by atoms with van der Waals surface area (Å²) in [5.74, 6) is -0.779. The zero-order valence-corrected chi connectivity index (χ0v) is 11.3. The van der Waals surface area contributed by atoms with Crippen LogP contribution in [-0.2, 0) is 0 Å². The van der Waals surface area contributed by atoms with Crippen LogP contribution in [0.15, 0.2) is 12.3 Å². The molecule has 0 bridgehead atoms. The highest BCUT2D eigenvalue weighted by Crippen LogP contribution is 2.29. The van der Waals surface area contributed by atoms with Gasteiger partial charge in [-0.2, -0.15) is 0 Å². The molecule has 0 aromatic carbocycles. The summed E-state index contributed by atoms with van der Waals surface area (Å²) >= 11 is 5.86. The number of aromatic nitrogens is 1. The molecule has 2 heterocycles. The van der Waals surface area contributed by atoms with Crippen LogP contribution in [0.1, 0.15) is 37.0 Å². The van der Waals surface area contributed by atoms with Crippen LogP contribution in [0, 0.1) is 11.2 Å². The minimum absolute atomic E-state index is 0.0600. The monoisotopic (exact) mass is 270 g/mol. The zero-order chi connectivity index (χ0) is 13.3. The van der Waals surface area contributed by atoms with Crippen molar-refractivity contribution in [2.45, 2.75) is 26.7 Å². The molecule has 1 aliphatic heterocycles. The van der Waals surface area contributed by atoms with E-state index in [0.29, 0.717) is 13.1 Å². The fourth-order valence-corrected chi connectivity index (χ4v) is 2.52. The van der Waals surface area contributed by atoms with Crippen molar-refractivity contribution in [2.24, 2.45) is 5.41 Å². The first-order valence-corrected chi connectivity index (χ1v) is 6.37. The Bertz CT molecular complexity index is 476. The molecule has 1 aromatic heterocycles. The molecule has 1 fully saturated rings. The summed E-state index contributed by atoms with van der Waals surface area (Å²) in [6, 6.07) is 1.15. The number of likely N-dealkylation sites (tertiary alicyclic amines) is 1. The Morgan fingerprint density at radius 3 is 2.94 bits per heavy atom. The van der Waals surface area contributed by atoms with Gasteiger partial charge in [-0.25, -0.2) is 9.37 Å². The van der Waals surface area contributed by atoms with Gasteiger partial charge in [-0.3, -0.25) is 4.79 Å². The molecule has 1 aromatic rings. The average molecular weight is 271 g/mol. The van der Waals surface area contributed by atoms with Gasteiger partial charge >= 0.3 is 0 Å². The molecule has 1 amide bonds. The lowest BCUT2D eigenvalue weighted by Crippen LogP contribution is -2.43. The quantitative estimate of drug-likeness (QED) is 0.735. The molecule has 3 nitrogen and oxygen atoms in total. The van der Waals surface area contributed by atoms with Gasteiger partial charge in [-0.1, -0.05) is 25.4 Å². The zero-order valence-electron chi connectivity index (χ0n) is 10.5. The van der Waals surface area contributed by atoms with Gasteiger partial charge in [-0.15, -0.1) is 0 Å². The maximum absolute atomic E-state index is 13.1. The lowest BCUT2D eigenvalue weighted by molar-refractivity contribution is 0.0582. The number of hydrogen-bond donors (Lipinski definition) is 0. The van der Waals surface area contributed by atoms with Gasteiger partial charge in [0, 0.05) is 13.1 Å². The Morgan fingerprint density at radius 2 is 2.28 bits per heavy atom. The maximum atomic E-state index is 13.1. The Morgan fingerprint density at radius 1 is 1.56 bits per heavy atom. The summed E-state index contributed by atoms with van der Waals surface area (Å²) in [4.78, 5) is 17.7. The van der Waals surface area contributed by atoms with E-state index >= 15 is 0 Å². The smallest absolute Gasteiger partial charge is 0.257 e. The molecule has 0 aliphatic carbocycles. The Hall–Kier alpha value is -1.16. The molecule has 1 saturated heterocycles. The number of carbonyl (C=O) groups is 1. The third kappa shape index (κ3) is 2.80. The Balaban J connectivity index is 2.23. The van der Waals surface area contributed by atoms with Crippen LogP contribution in [0.5, 0.6) is 0 Å². The van der Waals surface area contributed by atoms with E-state index in [1.165, 1.54) is 0 Å². The molecule has 5 heteroatoms. The van der Waals surface area contributed by atoms with E-state index in [4.69, 9.17) is 11.6 Å². The highest BCUT2D eigenvalue weighted by Gasteiger charge is 2.30. The number of hydrogen-bond acceptors (Lipinski definition) is 2. The molecule has 1 aliphatic rings. The van der Waals surface area contributed by atoms with Crippen LogP contribution in [0.2, 0.25) is 5.15 Å². The number of pyridine rings is 1. The predicted octanol–water partition coefficient (Wildman–Crippen LogP) is 3.14. The van der Waals surface area contributed by atoms with Crippen molar-refractivity contribution in [1.29, 1.82) is 0 Å². The van der Waals surface area contributed by atoms with Crippen molar-refractivity contribution < 1.29 is 9.18 Å². The van der Waals surface area contributed by atoms with Gasteiger partial charge in [-0.05, 0) is 24.3 Å². The second-order valence-corrected chi connectivity index (χ2v) is 5.84. The third-order valence-electron chi connectivity index (χ3n) is 3.22. The summed E-state index contributed by atoms with van der Waals surface area (Å²) in [6.07, 6.45) is 3.06. The minimum Gasteiger partial charge on any atom is -0.338 e. The summed E-state index contributed by atoms with van der Waals surface area (Å²) < 4.78 is 13.1. The second-order valence-electron chi connectivity index (χ2n) is 5.49. The Kier molecular flexibility index (Phi) is 3.57. The lowest BCUT2D eigenvalue weighted by atomic mass is 9.84. The number of piperidine rings is 1. The molecule has 98 valence electrons. The number of halogens is 2. The van der Waals surface area contributed by atoms with Crippen LogP contribution in [-0.4, -0.2) is 28.9 Å². The van der Waals surface area contributed by atoms with E-state index in [9.17, 15) is 9.18 Å². The lowest BCUT2D eigenvalue weighted by Gasteiger charge is -2.38. The first-order valence-electron chi connectivity index (χ1n) is 5.99. The Labute approximate surface area is 111 Å². The van der Waals surface area contributed by atoms with Crippen LogP contribution in [0.4, 0.5) is 4.39 Å². The number of rotatable bonds is 1. The fraction of sp³-hybridized carbons (Fsp3) is 0.538. The fourth-order valence-electron chi connectivity index (χ4n) is 2.34. The standard InChI is InChI=1S/C13H16ClFN2O/c1-13(2)4-3-5-17(8-13)12(18)10-6-9(15)7-16-11(10)14/h6-7H,3-5,8H2,1-2H3. The maximum Gasteiger partial charge on any atom is 0.257 e. The van der Waals surface area contributed by atoms with Gasteiger partial charge in [0.25, 0.3) is 5.91 Å². The average Bonchev–Trinajstić information content (AvgIpc) is 2.30. The van der Waals surface area contributed by atoms with Gasteiger partial charge < -0.3 is 4.90 Å². The van der Waals surface area contributed by atoms with Crippen LogP contribution < -0.4 is 0 Å². The van der Waals surface area contributed by atoms with Crippen LogP contribution in [0.25, 0.3) is 0 Å². The first-order chi connectivity index (χ1) is 8.39. The van der Waals surface area contributed by atoms with E-state index in [1.807, 2.05) is 0 Å². The molecule has 18 heavy (non-hydrogen) atoms. The summed E-state index contributed by atoms with van der Waals surface area (Å²) in [5, 5.41) is 0.0600. The van der Waals surface area contributed by atoms with E-state index < -0.39 is 5.82 Å². The number of amides is 1. The van der Waals surface area contributed by atoms with Crippen molar-refractivity contribution in [3.63, 3.8) is 0 Å². The van der Waals surface area contributed by atoms with Gasteiger partial charge in [0.2, 0.25) is 0 Å². The number of carbonyl (C=O) groups excluding carboxylic acids is 1. The first kappa shape index (κ1) is 13.3. The highest BCUT2D eigenvalue weighted by atomic mass is 35.5. The molecule has 0 atom stereocenters. The molecule has 0 spiro atoms. The normalized spacial score (nSPS) is 18.8.